The Morgan fingerprint density at radius 3 is 3.00 bits per heavy atom. The number of nitrogens with one attached hydrogen (secondary N) is 2. The van der Waals surface area contributed by atoms with Gasteiger partial charge in [0.25, 0.3) is 0 Å². The van der Waals surface area contributed by atoms with Crippen LogP contribution in [0.25, 0.3) is 11.3 Å². The topological polar surface area (TPSA) is 79.9 Å². The highest BCUT2D eigenvalue weighted by Gasteiger charge is 2.15. The maximum Gasteiger partial charge on any atom is 0.248 e. The summed E-state index contributed by atoms with van der Waals surface area (Å²) in [6.07, 6.45) is 4.34. The van der Waals surface area contributed by atoms with Crippen LogP contribution in [0, 0.1) is 5.82 Å². The molecule has 6 nitrogen and oxygen atoms in total. The van der Waals surface area contributed by atoms with Crippen molar-refractivity contribution in [3.05, 3.63) is 40.7 Å². The van der Waals surface area contributed by atoms with Crippen molar-refractivity contribution >= 4 is 5.95 Å². The average molecular weight is 290 g/mol. The molecule has 110 valence electrons. The summed E-state index contributed by atoms with van der Waals surface area (Å²) < 4.78 is 19.1. The van der Waals surface area contributed by atoms with E-state index in [-0.39, 0.29) is 17.2 Å². The molecule has 1 aliphatic heterocycles. The Hall–Kier alpha value is -2.28. The zero-order valence-corrected chi connectivity index (χ0v) is 11.3. The number of hydrogen-bond donors (Lipinski definition) is 2. The van der Waals surface area contributed by atoms with Gasteiger partial charge in [-0.1, -0.05) is 0 Å². The maximum atomic E-state index is 13.8. The maximum absolute atomic E-state index is 13.8. The summed E-state index contributed by atoms with van der Waals surface area (Å²) in [5.41, 5.74) is 0.170. The van der Waals surface area contributed by atoms with Gasteiger partial charge >= 0.3 is 0 Å². The van der Waals surface area contributed by atoms with Gasteiger partial charge in [0.05, 0.1) is 5.69 Å². The predicted octanol–water partition coefficient (Wildman–Crippen LogP) is 1.56. The lowest BCUT2D eigenvalue weighted by molar-refractivity contribution is 0.0903. The summed E-state index contributed by atoms with van der Waals surface area (Å²) in [4.78, 5) is 22.0. The van der Waals surface area contributed by atoms with Crippen molar-refractivity contribution in [3.8, 4) is 11.3 Å². The molecule has 0 amide bonds. The van der Waals surface area contributed by atoms with Crippen molar-refractivity contribution in [2.45, 2.75) is 18.9 Å². The fraction of sp³-hybridized carbons (Fsp3) is 0.357. The van der Waals surface area contributed by atoms with E-state index in [0.29, 0.717) is 24.9 Å². The summed E-state index contributed by atoms with van der Waals surface area (Å²) in [7, 11) is 0. The molecule has 21 heavy (non-hydrogen) atoms. The molecule has 1 saturated heterocycles. The molecule has 3 rings (SSSR count). The molecule has 7 heteroatoms. The van der Waals surface area contributed by atoms with Crippen LogP contribution in [0.4, 0.5) is 10.3 Å². The number of aromatic nitrogens is 3. The number of nitrogens with zero attached hydrogens (tertiary/aromatic N) is 2. The van der Waals surface area contributed by atoms with Gasteiger partial charge in [-0.25, -0.2) is 14.4 Å². The zero-order chi connectivity index (χ0) is 14.7. The van der Waals surface area contributed by atoms with Crippen LogP contribution >= 0.6 is 0 Å². The Morgan fingerprint density at radius 1 is 1.38 bits per heavy atom. The van der Waals surface area contributed by atoms with Crippen LogP contribution in [0.2, 0.25) is 0 Å². The first kappa shape index (κ1) is 13.7. The third kappa shape index (κ3) is 3.25. The molecule has 0 atom stereocenters. The molecule has 0 radical (unpaired) electrons. The third-order valence-corrected chi connectivity index (χ3v) is 3.36. The Morgan fingerprint density at radius 2 is 2.19 bits per heavy atom. The highest BCUT2D eigenvalue weighted by molar-refractivity contribution is 5.59. The molecule has 0 unspecified atom stereocenters. The Labute approximate surface area is 120 Å². The molecule has 2 N–H and O–H groups in total. The van der Waals surface area contributed by atoms with Gasteiger partial charge in [0.2, 0.25) is 11.5 Å². The van der Waals surface area contributed by atoms with E-state index in [9.17, 15) is 9.18 Å². The standard InChI is InChI=1S/C14H15FN4O2/c15-11-8-17-13(20)7-10(11)12-1-4-16-14(19-12)18-9-2-5-21-6-3-9/h1,4,7-9H,2-3,5-6H2,(H,17,20)(H,16,18,19). The van der Waals surface area contributed by atoms with Crippen molar-refractivity contribution in [3.63, 3.8) is 0 Å². The molecule has 0 saturated carbocycles. The van der Waals surface area contributed by atoms with E-state index in [1.807, 2.05) is 0 Å². The van der Waals surface area contributed by atoms with E-state index in [0.717, 1.165) is 19.0 Å². The highest BCUT2D eigenvalue weighted by Crippen LogP contribution is 2.20. The SMILES string of the molecule is O=c1cc(-c2ccnc(NC3CCOCC3)n2)c(F)c[nH]1. The lowest BCUT2D eigenvalue weighted by Crippen LogP contribution is -2.28. The quantitative estimate of drug-likeness (QED) is 0.896. The lowest BCUT2D eigenvalue weighted by atomic mass is 10.1. The van der Waals surface area contributed by atoms with Crippen LogP contribution in [-0.4, -0.2) is 34.2 Å². The van der Waals surface area contributed by atoms with Crippen molar-refractivity contribution in [2.75, 3.05) is 18.5 Å². The van der Waals surface area contributed by atoms with E-state index < -0.39 is 5.82 Å². The van der Waals surface area contributed by atoms with E-state index in [2.05, 4.69) is 20.3 Å². The molecule has 1 fully saturated rings. The van der Waals surface area contributed by atoms with E-state index >= 15 is 0 Å². The summed E-state index contributed by atoms with van der Waals surface area (Å²) >= 11 is 0. The van der Waals surface area contributed by atoms with Crippen LogP contribution in [0.3, 0.4) is 0 Å². The predicted molar refractivity (Wildman–Crippen MR) is 75.5 cm³/mol. The van der Waals surface area contributed by atoms with Crippen LogP contribution < -0.4 is 10.9 Å². The molecule has 0 spiro atoms. The monoisotopic (exact) mass is 290 g/mol. The van der Waals surface area contributed by atoms with Gasteiger partial charge in [-0.05, 0) is 18.9 Å². The number of ether oxygens (including phenoxy) is 1. The van der Waals surface area contributed by atoms with Gasteiger partial charge in [0, 0.05) is 43.3 Å². The second-order valence-corrected chi connectivity index (χ2v) is 4.86. The molecular weight excluding hydrogens is 275 g/mol. The van der Waals surface area contributed by atoms with Crippen molar-refractivity contribution < 1.29 is 9.13 Å². The van der Waals surface area contributed by atoms with Crippen LogP contribution in [0.15, 0.2) is 29.3 Å². The van der Waals surface area contributed by atoms with Gasteiger partial charge in [0.15, 0.2) is 0 Å². The number of anilines is 1. The first-order valence-corrected chi connectivity index (χ1v) is 6.78. The third-order valence-electron chi connectivity index (χ3n) is 3.36. The summed E-state index contributed by atoms with van der Waals surface area (Å²) in [5, 5.41) is 3.21. The Kier molecular flexibility index (Phi) is 3.92. The molecule has 0 aromatic carbocycles. The largest absolute Gasteiger partial charge is 0.381 e. The minimum atomic E-state index is -0.523. The van der Waals surface area contributed by atoms with E-state index in [1.54, 1.807) is 12.3 Å². The first-order valence-electron chi connectivity index (χ1n) is 6.78. The van der Waals surface area contributed by atoms with Crippen LogP contribution in [0.5, 0.6) is 0 Å². The van der Waals surface area contributed by atoms with Gasteiger partial charge in [0.1, 0.15) is 5.82 Å². The van der Waals surface area contributed by atoms with Crippen molar-refractivity contribution in [2.24, 2.45) is 0 Å². The molecule has 0 aliphatic carbocycles. The zero-order valence-electron chi connectivity index (χ0n) is 11.3. The fourth-order valence-corrected chi connectivity index (χ4v) is 2.25. The molecule has 3 heterocycles. The van der Waals surface area contributed by atoms with Gasteiger partial charge in [-0.3, -0.25) is 4.79 Å². The molecule has 2 aromatic rings. The number of halogens is 1. The second-order valence-electron chi connectivity index (χ2n) is 4.86. The Balaban J connectivity index is 1.85. The lowest BCUT2D eigenvalue weighted by Gasteiger charge is -2.23. The first-order chi connectivity index (χ1) is 10.2. The molecule has 2 aromatic heterocycles. The number of H-pyrrole nitrogens is 1. The Bertz CT molecular complexity index is 683. The smallest absolute Gasteiger partial charge is 0.248 e. The molecule has 0 bridgehead atoms. The number of aromatic amines is 1. The number of rotatable bonds is 3. The number of hydrogen-bond acceptors (Lipinski definition) is 5. The molecule has 1 aliphatic rings. The van der Waals surface area contributed by atoms with E-state index in [4.69, 9.17) is 4.74 Å². The highest BCUT2D eigenvalue weighted by atomic mass is 19.1. The summed E-state index contributed by atoms with van der Waals surface area (Å²) in [6, 6.07) is 3.01. The fourth-order valence-electron chi connectivity index (χ4n) is 2.25. The minimum absolute atomic E-state index is 0.163. The summed E-state index contributed by atoms with van der Waals surface area (Å²) in [6.45, 7) is 1.42. The summed E-state index contributed by atoms with van der Waals surface area (Å²) in [5.74, 6) is -0.0931. The molecular formula is C14H15FN4O2. The van der Waals surface area contributed by atoms with Crippen molar-refractivity contribution in [1.29, 1.82) is 0 Å². The van der Waals surface area contributed by atoms with E-state index in [1.165, 1.54) is 6.07 Å². The minimum Gasteiger partial charge on any atom is -0.381 e. The normalized spacial score (nSPS) is 15.9. The van der Waals surface area contributed by atoms with Crippen molar-refractivity contribution in [1.82, 2.24) is 15.0 Å². The van der Waals surface area contributed by atoms with Crippen LogP contribution in [0.1, 0.15) is 12.8 Å². The van der Waals surface area contributed by atoms with Gasteiger partial charge in [-0.15, -0.1) is 0 Å². The second kappa shape index (κ2) is 6.01. The van der Waals surface area contributed by atoms with Crippen LogP contribution in [-0.2, 0) is 4.74 Å². The van der Waals surface area contributed by atoms with Gasteiger partial charge in [-0.2, -0.15) is 0 Å². The average Bonchev–Trinajstić information content (AvgIpc) is 2.51. The number of pyridine rings is 1. The van der Waals surface area contributed by atoms with Gasteiger partial charge < -0.3 is 15.0 Å².